The number of benzene rings is 2. The highest BCUT2D eigenvalue weighted by Crippen LogP contribution is 2.43. The van der Waals surface area contributed by atoms with E-state index in [2.05, 4.69) is 53.7 Å². The first-order chi connectivity index (χ1) is 11.2. The van der Waals surface area contributed by atoms with Gasteiger partial charge in [-0.15, -0.1) is 0 Å². The zero-order valence-corrected chi connectivity index (χ0v) is 16.9. The lowest BCUT2D eigenvalue weighted by atomic mass is 9.74. The van der Waals surface area contributed by atoms with Crippen molar-refractivity contribution in [2.75, 3.05) is 0 Å². The quantitative estimate of drug-likeness (QED) is 0.702. The summed E-state index contributed by atoms with van der Waals surface area (Å²) in [6.07, 6.45) is 0. The van der Waals surface area contributed by atoms with E-state index in [1.165, 1.54) is 0 Å². The largest absolute Gasteiger partial charge is 0.508 e. The summed E-state index contributed by atoms with van der Waals surface area (Å²) >= 11 is 0. The van der Waals surface area contributed by atoms with Gasteiger partial charge in [-0.05, 0) is 34.1 Å². The number of hydrogen-bond acceptors (Lipinski definition) is 2. The van der Waals surface area contributed by atoms with Gasteiger partial charge in [0.2, 0.25) is 0 Å². The van der Waals surface area contributed by atoms with Crippen LogP contribution in [0.25, 0.3) is 0 Å². The molecule has 2 rings (SSSR count). The Morgan fingerprint density at radius 1 is 0.560 bits per heavy atom. The Hall–Kier alpha value is -1.96. The zero-order valence-electron chi connectivity index (χ0n) is 16.9. The molecular formula is C23H32O2. The Bertz CT molecular complexity index is 706. The first-order valence-electron chi connectivity index (χ1n) is 8.92. The third-order valence-electron chi connectivity index (χ3n) is 5.07. The maximum atomic E-state index is 10.6. The zero-order chi connectivity index (χ0) is 19.2. The van der Waals surface area contributed by atoms with Gasteiger partial charge in [0.1, 0.15) is 11.5 Å². The van der Waals surface area contributed by atoms with Crippen LogP contribution in [0.1, 0.15) is 77.6 Å². The number of hydrogen-bond donors (Lipinski definition) is 2. The van der Waals surface area contributed by atoms with Gasteiger partial charge >= 0.3 is 0 Å². The summed E-state index contributed by atoms with van der Waals surface area (Å²) in [7, 11) is 0. The Morgan fingerprint density at radius 2 is 0.880 bits per heavy atom. The fourth-order valence-electron chi connectivity index (χ4n) is 3.20. The van der Waals surface area contributed by atoms with E-state index in [9.17, 15) is 10.2 Å². The van der Waals surface area contributed by atoms with Crippen LogP contribution in [-0.4, -0.2) is 10.2 Å². The maximum absolute atomic E-state index is 10.6. The summed E-state index contributed by atoms with van der Waals surface area (Å²) in [5, 5.41) is 21.3. The molecule has 2 aromatic carbocycles. The molecule has 0 atom stereocenters. The Kier molecular flexibility index (Phi) is 4.71. The molecule has 0 spiro atoms. The van der Waals surface area contributed by atoms with Gasteiger partial charge in [-0.25, -0.2) is 0 Å². The molecule has 2 heteroatoms. The molecule has 0 unspecified atom stereocenters. The number of aromatic hydroxyl groups is 2. The summed E-state index contributed by atoms with van der Waals surface area (Å²) < 4.78 is 0. The highest BCUT2D eigenvalue weighted by molar-refractivity contribution is 5.52. The SMILES string of the molecule is CC(C)(C)c1ccc(C(C)(C)c2ccc(C(C)(C)C)cc2O)c(O)c1. The van der Waals surface area contributed by atoms with Crippen molar-refractivity contribution in [3.63, 3.8) is 0 Å². The van der Waals surface area contributed by atoms with Crippen LogP contribution in [0.15, 0.2) is 36.4 Å². The van der Waals surface area contributed by atoms with Crippen molar-refractivity contribution in [2.24, 2.45) is 0 Å². The van der Waals surface area contributed by atoms with Gasteiger partial charge in [-0.2, -0.15) is 0 Å². The molecule has 2 aromatic rings. The molecule has 0 aliphatic rings. The highest BCUT2D eigenvalue weighted by Gasteiger charge is 2.30. The molecule has 0 amide bonds. The second-order valence-electron chi connectivity index (χ2n) is 9.59. The van der Waals surface area contributed by atoms with E-state index in [-0.39, 0.29) is 22.3 Å². The number of phenolic OH excluding ortho intramolecular Hbond substituents is 2. The van der Waals surface area contributed by atoms with Crippen LogP contribution in [0.5, 0.6) is 11.5 Å². The lowest BCUT2D eigenvalue weighted by Gasteiger charge is -2.30. The van der Waals surface area contributed by atoms with Gasteiger partial charge in [0.15, 0.2) is 0 Å². The van der Waals surface area contributed by atoms with Crippen LogP contribution in [0, 0.1) is 0 Å². The Morgan fingerprint density at radius 3 is 1.12 bits per heavy atom. The average Bonchev–Trinajstić information content (AvgIpc) is 2.44. The molecule has 2 nitrogen and oxygen atoms in total. The molecule has 136 valence electrons. The lowest BCUT2D eigenvalue weighted by Crippen LogP contribution is -2.21. The molecule has 0 bridgehead atoms. The van der Waals surface area contributed by atoms with Crippen LogP contribution >= 0.6 is 0 Å². The van der Waals surface area contributed by atoms with Gasteiger partial charge in [-0.1, -0.05) is 79.7 Å². The van der Waals surface area contributed by atoms with Crippen molar-refractivity contribution in [3.05, 3.63) is 58.7 Å². The maximum Gasteiger partial charge on any atom is 0.119 e. The van der Waals surface area contributed by atoms with Crippen molar-refractivity contribution in [2.45, 2.75) is 71.6 Å². The summed E-state index contributed by atoms with van der Waals surface area (Å²) in [5.41, 5.74) is 3.29. The van der Waals surface area contributed by atoms with E-state index in [0.717, 1.165) is 22.3 Å². The fraction of sp³-hybridized carbons (Fsp3) is 0.478. The molecule has 25 heavy (non-hydrogen) atoms. The third kappa shape index (κ3) is 3.84. The first-order valence-corrected chi connectivity index (χ1v) is 8.92. The van der Waals surface area contributed by atoms with E-state index in [0.29, 0.717) is 0 Å². The van der Waals surface area contributed by atoms with Crippen LogP contribution < -0.4 is 0 Å². The third-order valence-corrected chi connectivity index (χ3v) is 5.07. The van der Waals surface area contributed by atoms with Gasteiger partial charge < -0.3 is 10.2 Å². The molecule has 0 heterocycles. The van der Waals surface area contributed by atoms with Crippen molar-refractivity contribution in [1.29, 1.82) is 0 Å². The first kappa shape index (κ1) is 19.4. The molecule has 0 aliphatic carbocycles. The normalized spacial score (nSPS) is 13.1. The average molecular weight is 341 g/mol. The van der Waals surface area contributed by atoms with Crippen LogP contribution in [-0.2, 0) is 16.2 Å². The molecule has 0 aliphatic heterocycles. The van der Waals surface area contributed by atoms with Crippen molar-refractivity contribution < 1.29 is 10.2 Å². The van der Waals surface area contributed by atoms with E-state index >= 15 is 0 Å². The summed E-state index contributed by atoms with van der Waals surface area (Å²) in [6, 6.07) is 11.8. The summed E-state index contributed by atoms with van der Waals surface area (Å²) in [5.74, 6) is 0.549. The van der Waals surface area contributed by atoms with E-state index in [1.54, 1.807) is 0 Å². The van der Waals surface area contributed by atoms with Crippen LogP contribution in [0.3, 0.4) is 0 Å². The molecule has 0 saturated carbocycles. The molecule has 0 radical (unpaired) electrons. The minimum absolute atomic E-state index is 0.0172. The van der Waals surface area contributed by atoms with E-state index in [4.69, 9.17) is 0 Å². The van der Waals surface area contributed by atoms with Gasteiger partial charge in [0.25, 0.3) is 0 Å². The van der Waals surface area contributed by atoms with E-state index in [1.807, 2.05) is 38.1 Å². The molecule has 0 saturated heterocycles. The smallest absolute Gasteiger partial charge is 0.119 e. The molecule has 0 fully saturated rings. The van der Waals surface area contributed by atoms with Gasteiger partial charge in [0, 0.05) is 16.5 Å². The summed E-state index contributed by atoms with van der Waals surface area (Å²) in [6.45, 7) is 16.8. The van der Waals surface area contributed by atoms with E-state index < -0.39 is 5.41 Å². The molecular weight excluding hydrogens is 308 g/mol. The molecule has 0 aromatic heterocycles. The fourth-order valence-corrected chi connectivity index (χ4v) is 3.20. The number of phenols is 2. The predicted molar refractivity (Wildman–Crippen MR) is 106 cm³/mol. The monoisotopic (exact) mass is 340 g/mol. The second kappa shape index (κ2) is 6.09. The van der Waals surface area contributed by atoms with Gasteiger partial charge in [0.05, 0.1) is 0 Å². The van der Waals surface area contributed by atoms with Crippen molar-refractivity contribution >= 4 is 0 Å². The second-order valence-corrected chi connectivity index (χ2v) is 9.59. The van der Waals surface area contributed by atoms with Crippen molar-refractivity contribution in [3.8, 4) is 11.5 Å². The number of rotatable bonds is 2. The van der Waals surface area contributed by atoms with Crippen LogP contribution in [0.2, 0.25) is 0 Å². The van der Waals surface area contributed by atoms with Crippen LogP contribution in [0.4, 0.5) is 0 Å². The highest BCUT2D eigenvalue weighted by atomic mass is 16.3. The van der Waals surface area contributed by atoms with Crippen molar-refractivity contribution in [1.82, 2.24) is 0 Å². The van der Waals surface area contributed by atoms with Gasteiger partial charge in [-0.3, -0.25) is 0 Å². The standard InChI is InChI=1S/C23H32O2/c1-21(2,3)15-9-11-17(19(24)13-15)23(7,8)18-12-10-16(14-20(18)25)22(4,5)6/h9-14,24-25H,1-8H3. The minimum Gasteiger partial charge on any atom is -0.508 e. The Labute approximate surface area is 152 Å². The lowest BCUT2D eigenvalue weighted by molar-refractivity contribution is 0.431. The molecule has 2 N–H and O–H groups in total. The summed E-state index contributed by atoms with van der Waals surface area (Å²) in [4.78, 5) is 0. The predicted octanol–water partition coefficient (Wildman–Crippen LogP) is 6.02. The minimum atomic E-state index is -0.499. The topological polar surface area (TPSA) is 40.5 Å². The Balaban J connectivity index is 2.52.